The molecule has 0 spiro atoms. The molecule has 0 aliphatic carbocycles. The highest BCUT2D eigenvalue weighted by atomic mass is 19.1. The summed E-state index contributed by atoms with van der Waals surface area (Å²) in [6.45, 7) is 2.57. The molecular weight excluding hydrogens is 363 g/mol. The van der Waals surface area contributed by atoms with Gasteiger partial charge in [-0.2, -0.15) is 5.10 Å². The van der Waals surface area contributed by atoms with Crippen molar-refractivity contribution in [2.24, 2.45) is 0 Å². The number of hydrogen-bond donors (Lipinski definition) is 0. The summed E-state index contributed by atoms with van der Waals surface area (Å²) in [6.07, 6.45) is 1.69. The lowest BCUT2D eigenvalue weighted by Crippen LogP contribution is -2.27. The molecule has 0 radical (unpaired) electrons. The van der Waals surface area contributed by atoms with Gasteiger partial charge in [-0.1, -0.05) is 31.5 Å². The van der Waals surface area contributed by atoms with E-state index in [1.54, 1.807) is 24.3 Å². The van der Waals surface area contributed by atoms with Gasteiger partial charge in [-0.15, -0.1) is 0 Å². The van der Waals surface area contributed by atoms with Gasteiger partial charge in [0, 0.05) is 11.9 Å². The standard InChI is InChI=1S/C21H21FN2O4/c1-2-3-12-24-20(25)18-7-5-4-6-17(18)19(23-24)21(26)28-14-13-27-16-10-8-15(22)9-11-16/h4-11H,2-3,12-14H2,1H3. The fourth-order valence-corrected chi connectivity index (χ4v) is 2.74. The molecule has 3 rings (SSSR count). The van der Waals surface area contributed by atoms with Gasteiger partial charge in [0.2, 0.25) is 0 Å². The topological polar surface area (TPSA) is 70.4 Å². The average molecular weight is 384 g/mol. The number of esters is 1. The van der Waals surface area contributed by atoms with Crippen molar-refractivity contribution in [3.8, 4) is 5.75 Å². The second-order valence-electron chi connectivity index (χ2n) is 6.21. The number of fused-ring (bicyclic) bond motifs is 1. The van der Waals surface area contributed by atoms with E-state index < -0.39 is 5.97 Å². The minimum atomic E-state index is -0.621. The summed E-state index contributed by atoms with van der Waals surface area (Å²) in [5, 5.41) is 5.13. The van der Waals surface area contributed by atoms with Crippen LogP contribution in [-0.4, -0.2) is 29.0 Å². The molecule has 0 atom stereocenters. The number of unbranched alkanes of at least 4 members (excludes halogenated alkanes) is 1. The number of nitrogens with zero attached hydrogens (tertiary/aromatic N) is 2. The van der Waals surface area contributed by atoms with E-state index in [1.807, 2.05) is 6.92 Å². The predicted octanol–water partition coefficient (Wildman–Crippen LogP) is 3.57. The van der Waals surface area contributed by atoms with Crippen molar-refractivity contribution >= 4 is 16.7 Å². The van der Waals surface area contributed by atoms with Gasteiger partial charge >= 0.3 is 5.97 Å². The number of carbonyl (C=O) groups excluding carboxylic acids is 1. The first-order chi connectivity index (χ1) is 13.6. The average Bonchev–Trinajstić information content (AvgIpc) is 2.72. The summed E-state index contributed by atoms with van der Waals surface area (Å²) in [5.74, 6) is -0.492. The molecule has 28 heavy (non-hydrogen) atoms. The van der Waals surface area contributed by atoms with Crippen LogP contribution >= 0.6 is 0 Å². The van der Waals surface area contributed by atoms with Gasteiger partial charge in [0.25, 0.3) is 5.56 Å². The van der Waals surface area contributed by atoms with Crippen molar-refractivity contribution in [2.75, 3.05) is 13.2 Å². The van der Waals surface area contributed by atoms with E-state index in [2.05, 4.69) is 5.10 Å². The Morgan fingerprint density at radius 2 is 1.79 bits per heavy atom. The third-order valence-corrected chi connectivity index (χ3v) is 4.18. The Kier molecular flexibility index (Phi) is 6.37. The number of carbonyl (C=O) groups is 1. The zero-order valence-electron chi connectivity index (χ0n) is 15.6. The number of aryl methyl sites for hydroxylation is 1. The van der Waals surface area contributed by atoms with Crippen LogP contribution in [-0.2, 0) is 11.3 Å². The lowest BCUT2D eigenvalue weighted by atomic mass is 10.1. The minimum Gasteiger partial charge on any atom is -0.490 e. The Labute approximate surface area is 161 Å². The van der Waals surface area contributed by atoms with Crippen molar-refractivity contribution in [3.05, 3.63) is 70.4 Å². The molecule has 0 unspecified atom stereocenters. The maximum Gasteiger partial charge on any atom is 0.359 e. The fraction of sp³-hybridized carbons (Fsp3) is 0.286. The smallest absolute Gasteiger partial charge is 0.359 e. The Hall–Kier alpha value is -3.22. The molecule has 0 saturated carbocycles. The molecule has 146 valence electrons. The van der Waals surface area contributed by atoms with Crippen molar-refractivity contribution < 1.29 is 18.7 Å². The molecule has 1 heterocycles. The predicted molar refractivity (Wildman–Crippen MR) is 103 cm³/mol. The summed E-state index contributed by atoms with van der Waals surface area (Å²) in [7, 11) is 0. The zero-order chi connectivity index (χ0) is 19.9. The van der Waals surface area contributed by atoms with E-state index in [0.717, 1.165) is 12.8 Å². The summed E-state index contributed by atoms with van der Waals surface area (Å²) in [4.78, 5) is 25.1. The number of hydrogen-bond acceptors (Lipinski definition) is 5. The highest BCUT2D eigenvalue weighted by molar-refractivity contribution is 6.02. The second-order valence-corrected chi connectivity index (χ2v) is 6.21. The van der Waals surface area contributed by atoms with E-state index in [9.17, 15) is 14.0 Å². The number of benzene rings is 2. The molecule has 0 bridgehead atoms. The molecule has 0 fully saturated rings. The number of rotatable bonds is 8. The molecule has 3 aromatic rings. The van der Waals surface area contributed by atoms with Crippen LogP contribution < -0.4 is 10.3 Å². The van der Waals surface area contributed by atoms with E-state index in [4.69, 9.17) is 9.47 Å². The Morgan fingerprint density at radius 1 is 1.07 bits per heavy atom. The van der Waals surface area contributed by atoms with E-state index in [0.29, 0.717) is 23.1 Å². The first-order valence-corrected chi connectivity index (χ1v) is 9.15. The van der Waals surface area contributed by atoms with Gasteiger partial charge in [-0.05, 0) is 36.8 Å². The SMILES string of the molecule is CCCCn1nc(C(=O)OCCOc2ccc(F)cc2)c2ccccc2c1=O. The van der Waals surface area contributed by atoms with Crippen LogP contribution in [0.15, 0.2) is 53.3 Å². The van der Waals surface area contributed by atoms with Crippen molar-refractivity contribution in [3.63, 3.8) is 0 Å². The molecule has 0 aliphatic heterocycles. The summed E-state index contributed by atoms with van der Waals surface area (Å²) >= 11 is 0. The molecule has 0 N–H and O–H groups in total. The summed E-state index contributed by atoms with van der Waals surface area (Å²) in [6, 6.07) is 12.4. The number of halogens is 1. The van der Waals surface area contributed by atoms with Gasteiger partial charge in [0.15, 0.2) is 5.69 Å². The van der Waals surface area contributed by atoms with Crippen molar-refractivity contribution in [1.82, 2.24) is 9.78 Å². The molecular formula is C21H21FN2O4. The molecule has 2 aromatic carbocycles. The quantitative estimate of drug-likeness (QED) is 0.439. The normalized spacial score (nSPS) is 10.8. The number of aromatic nitrogens is 2. The molecule has 0 amide bonds. The van der Waals surface area contributed by atoms with Gasteiger partial charge in [-0.3, -0.25) is 4.79 Å². The molecule has 0 saturated heterocycles. The third kappa shape index (κ3) is 4.54. The zero-order valence-corrected chi connectivity index (χ0v) is 15.6. The Morgan fingerprint density at radius 3 is 2.50 bits per heavy atom. The first kappa shape index (κ1) is 19.5. The van der Waals surface area contributed by atoms with Gasteiger partial charge in [-0.25, -0.2) is 13.9 Å². The summed E-state index contributed by atoms with van der Waals surface area (Å²) < 4.78 is 24.9. The molecule has 0 aliphatic rings. The number of ether oxygens (including phenoxy) is 2. The van der Waals surface area contributed by atoms with Crippen LogP contribution in [0.25, 0.3) is 10.8 Å². The van der Waals surface area contributed by atoms with Crippen LogP contribution in [0, 0.1) is 5.82 Å². The van der Waals surface area contributed by atoms with Gasteiger partial charge < -0.3 is 9.47 Å². The van der Waals surface area contributed by atoms with Gasteiger partial charge in [0.05, 0.1) is 5.39 Å². The molecule has 7 heteroatoms. The molecule has 6 nitrogen and oxygen atoms in total. The maximum atomic E-state index is 12.9. The van der Waals surface area contributed by atoms with E-state index in [1.165, 1.54) is 28.9 Å². The second kappa shape index (κ2) is 9.12. The minimum absolute atomic E-state index is 0.000301. The monoisotopic (exact) mass is 384 g/mol. The highest BCUT2D eigenvalue weighted by Gasteiger charge is 2.17. The van der Waals surface area contributed by atoms with Crippen molar-refractivity contribution in [2.45, 2.75) is 26.3 Å². The largest absolute Gasteiger partial charge is 0.490 e. The van der Waals surface area contributed by atoms with Crippen LogP contribution in [0.3, 0.4) is 0 Å². The van der Waals surface area contributed by atoms with E-state index in [-0.39, 0.29) is 30.3 Å². The lowest BCUT2D eigenvalue weighted by Gasteiger charge is -2.11. The van der Waals surface area contributed by atoms with Crippen LogP contribution in [0.5, 0.6) is 5.75 Å². The third-order valence-electron chi connectivity index (χ3n) is 4.18. The van der Waals surface area contributed by atoms with Gasteiger partial charge in [0.1, 0.15) is 24.8 Å². The highest BCUT2D eigenvalue weighted by Crippen LogP contribution is 2.15. The van der Waals surface area contributed by atoms with Crippen molar-refractivity contribution in [1.29, 1.82) is 0 Å². The summed E-state index contributed by atoms with van der Waals surface area (Å²) in [5.41, 5.74) is -0.117. The van der Waals surface area contributed by atoms with Crippen LogP contribution in [0.2, 0.25) is 0 Å². The lowest BCUT2D eigenvalue weighted by molar-refractivity contribution is 0.0443. The fourth-order valence-electron chi connectivity index (χ4n) is 2.74. The Balaban J connectivity index is 1.72. The van der Waals surface area contributed by atoms with Crippen LogP contribution in [0.4, 0.5) is 4.39 Å². The molecule has 1 aromatic heterocycles. The first-order valence-electron chi connectivity index (χ1n) is 9.15. The maximum absolute atomic E-state index is 12.9. The Bertz CT molecular complexity index is 1020. The van der Waals surface area contributed by atoms with E-state index >= 15 is 0 Å². The van der Waals surface area contributed by atoms with Crippen LogP contribution in [0.1, 0.15) is 30.3 Å².